The second-order valence-electron chi connectivity index (χ2n) is 8.45. The molecule has 0 aromatic heterocycles. The summed E-state index contributed by atoms with van der Waals surface area (Å²) in [7, 11) is 0. The predicted molar refractivity (Wildman–Crippen MR) is 127 cm³/mol. The van der Waals surface area contributed by atoms with Crippen molar-refractivity contribution in [3.05, 3.63) is 89.8 Å². The molecule has 1 unspecified atom stereocenters. The lowest BCUT2D eigenvalue weighted by Gasteiger charge is -2.22. The van der Waals surface area contributed by atoms with Crippen LogP contribution in [0.25, 0.3) is 27.8 Å². The van der Waals surface area contributed by atoms with Crippen LogP contribution in [0.2, 0.25) is 0 Å². The second kappa shape index (κ2) is 9.43. The number of rotatable bonds is 6. The molecule has 0 saturated heterocycles. The number of halogens is 1. The van der Waals surface area contributed by atoms with Gasteiger partial charge in [0.2, 0.25) is 0 Å². The first-order valence-corrected chi connectivity index (χ1v) is 11.4. The van der Waals surface area contributed by atoms with E-state index in [1.807, 2.05) is 12.1 Å². The Morgan fingerprint density at radius 2 is 1.53 bits per heavy atom. The molecule has 0 radical (unpaired) electrons. The Bertz CT molecular complexity index is 1030. The summed E-state index contributed by atoms with van der Waals surface area (Å²) in [6, 6.07) is 22.8. The molecule has 1 aliphatic carbocycles. The molecule has 0 spiro atoms. The molecule has 3 aromatic rings. The average molecular weight is 399 g/mol. The molecular weight excluding hydrogens is 367 g/mol. The van der Waals surface area contributed by atoms with Crippen LogP contribution in [0, 0.1) is 11.7 Å². The summed E-state index contributed by atoms with van der Waals surface area (Å²) in [6.07, 6.45) is 9.06. The van der Waals surface area contributed by atoms with Crippen LogP contribution in [0.5, 0.6) is 0 Å². The maximum Gasteiger partial charge on any atom is 0.131 e. The fourth-order valence-electron chi connectivity index (χ4n) is 4.65. The molecule has 0 heterocycles. The lowest BCUT2D eigenvalue weighted by molar-refractivity contribution is 0.444. The highest BCUT2D eigenvalue weighted by Crippen LogP contribution is 2.37. The van der Waals surface area contributed by atoms with E-state index in [-0.39, 0.29) is 5.82 Å². The van der Waals surface area contributed by atoms with Gasteiger partial charge in [-0.15, -0.1) is 0 Å². The van der Waals surface area contributed by atoms with E-state index >= 15 is 4.39 Å². The average Bonchev–Trinajstić information content (AvgIpc) is 2.80. The maximum atomic E-state index is 15.2. The van der Waals surface area contributed by atoms with E-state index in [9.17, 15) is 0 Å². The zero-order chi connectivity index (χ0) is 20.9. The molecule has 0 saturated carbocycles. The largest absolute Gasteiger partial charge is 0.206 e. The van der Waals surface area contributed by atoms with Crippen LogP contribution in [-0.4, -0.2) is 0 Å². The zero-order valence-corrected chi connectivity index (χ0v) is 18.1. The van der Waals surface area contributed by atoms with E-state index in [4.69, 9.17) is 0 Å². The smallest absolute Gasteiger partial charge is 0.131 e. The predicted octanol–water partition coefficient (Wildman–Crippen LogP) is 8.71. The van der Waals surface area contributed by atoms with Crippen molar-refractivity contribution in [1.29, 1.82) is 0 Å². The number of allylic oxidation sites excluding steroid dienone is 2. The fraction of sp³-hybridized carbons (Fsp3) is 0.310. The minimum absolute atomic E-state index is 0.108. The van der Waals surface area contributed by atoms with Crippen LogP contribution in [0.15, 0.2) is 72.8 Å². The van der Waals surface area contributed by atoms with Gasteiger partial charge in [0, 0.05) is 5.56 Å². The summed E-state index contributed by atoms with van der Waals surface area (Å²) < 4.78 is 15.2. The fourth-order valence-corrected chi connectivity index (χ4v) is 4.65. The van der Waals surface area contributed by atoms with Gasteiger partial charge in [-0.3, -0.25) is 0 Å². The minimum atomic E-state index is -0.108. The molecule has 3 aromatic carbocycles. The number of aryl methyl sites for hydroxylation is 1. The molecule has 1 aliphatic rings. The molecule has 154 valence electrons. The van der Waals surface area contributed by atoms with Gasteiger partial charge >= 0.3 is 0 Å². The van der Waals surface area contributed by atoms with Crippen LogP contribution in [0.4, 0.5) is 4.39 Å². The highest BCUT2D eigenvalue weighted by molar-refractivity contribution is 5.84. The Balaban J connectivity index is 1.64. The molecule has 0 N–H and O–H groups in total. The van der Waals surface area contributed by atoms with Gasteiger partial charge in [0.15, 0.2) is 0 Å². The van der Waals surface area contributed by atoms with Gasteiger partial charge < -0.3 is 0 Å². The summed E-state index contributed by atoms with van der Waals surface area (Å²) in [5, 5.41) is 0. The van der Waals surface area contributed by atoms with Gasteiger partial charge in [-0.1, -0.05) is 93.4 Å². The van der Waals surface area contributed by atoms with Crippen molar-refractivity contribution in [3.8, 4) is 22.3 Å². The standard InChI is InChI=1S/C29H31F/c1-3-7-22-12-16-24(17-13-22)28-19-18-25(20-29(28)30)27-9-6-5-8-26(27)23-14-10-21(4-2)11-15-23/h5-6,8-11,14-16,18-20,22H,3-4,7,12-13,17H2,1-2H3. The van der Waals surface area contributed by atoms with E-state index in [0.29, 0.717) is 0 Å². The van der Waals surface area contributed by atoms with Crippen molar-refractivity contribution in [1.82, 2.24) is 0 Å². The Kier molecular flexibility index (Phi) is 6.47. The van der Waals surface area contributed by atoms with Crippen LogP contribution in [0.1, 0.15) is 57.1 Å². The van der Waals surface area contributed by atoms with E-state index < -0.39 is 0 Å². The summed E-state index contributed by atoms with van der Waals surface area (Å²) in [4.78, 5) is 0. The molecular formula is C29H31F. The first kappa shape index (κ1) is 20.6. The Morgan fingerprint density at radius 1 is 0.833 bits per heavy atom. The summed E-state index contributed by atoms with van der Waals surface area (Å²) in [5.41, 5.74) is 7.61. The SMILES string of the molecule is CCCC1CC=C(c2ccc(-c3ccccc3-c3ccc(CC)cc3)cc2F)CC1. The van der Waals surface area contributed by atoms with E-state index in [0.717, 1.165) is 47.4 Å². The van der Waals surface area contributed by atoms with Gasteiger partial charge in [-0.05, 0) is 71.1 Å². The topological polar surface area (TPSA) is 0 Å². The van der Waals surface area contributed by atoms with Crippen molar-refractivity contribution in [2.45, 2.75) is 52.4 Å². The number of benzene rings is 3. The molecule has 4 rings (SSSR count). The van der Waals surface area contributed by atoms with E-state index in [2.05, 4.69) is 68.5 Å². The molecule has 0 fully saturated rings. The molecule has 1 atom stereocenters. The normalized spacial score (nSPS) is 16.4. The molecule has 0 nitrogen and oxygen atoms in total. The molecule has 0 aliphatic heterocycles. The second-order valence-corrected chi connectivity index (χ2v) is 8.45. The zero-order valence-electron chi connectivity index (χ0n) is 18.1. The summed E-state index contributed by atoms with van der Waals surface area (Å²) in [5.74, 6) is 0.663. The van der Waals surface area contributed by atoms with E-state index in [1.54, 1.807) is 6.07 Å². The number of hydrogen-bond donors (Lipinski definition) is 0. The van der Waals surface area contributed by atoms with Gasteiger partial charge in [-0.2, -0.15) is 0 Å². The third kappa shape index (κ3) is 4.41. The van der Waals surface area contributed by atoms with Crippen LogP contribution < -0.4 is 0 Å². The lowest BCUT2D eigenvalue weighted by Crippen LogP contribution is -2.06. The summed E-state index contributed by atoms with van der Waals surface area (Å²) in [6.45, 7) is 4.41. The van der Waals surface area contributed by atoms with Crippen LogP contribution >= 0.6 is 0 Å². The van der Waals surface area contributed by atoms with Gasteiger partial charge in [0.1, 0.15) is 5.82 Å². The van der Waals surface area contributed by atoms with Gasteiger partial charge in [0.25, 0.3) is 0 Å². The van der Waals surface area contributed by atoms with Gasteiger partial charge in [-0.25, -0.2) is 4.39 Å². The highest BCUT2D eigenvalue weighted by Gasteiger charge is 2.18. The maximum absolute atomic E-state index is 15.2. The van der Waals surface area contributed by atoms with Gasteiger partial charge in [0.05, 0.1) is 0 Å². The van der Waals surface area contributed by atoms with Crippen molar-refractivity contribution >= 4 is 5.57 Å². The van der Waals surface area contributed by atoms with E-state index in [1.165, 1.54) is 36.0 Å². The quantitative estimate of drug-likeness (QED) is 0.389. The van der Waals surface area contributed by atoms with Crippen LogP contribution in [-0.2, 0) is 6.42 Å². The molecule has 1 heteroatoms. The van der Waals surface area contributed by atoms with Crippen molar-refractivity contribution in [3.63, 3.8) is 0 Å². The third-order valence-electron chi connectivity index (χ3n) is 6.44. The monoisotopic (exact) mass is 398 g/mol. The minimum Gasteiger partial charge on any atom is -0.206 e. The van der Waals surface area contributed by atoms with Crippen molar-refractivity contribution in [2.75, 3.05) is 0 Å². The lowest BCUT2D eigenvalue weighted by atomic mass is 9.84. The molecule has 0 amide bonds. The molecule has 30 heavy (non-hydrogen) atoms. The molecule has 0 bridgehead atoms. The number of hydrogen-bond acceptors (Lipinski definition) is 0. The van der Waals surface area contributed by atoms with Crippen LogP contribution in [0.3, 0.4) is 0 Å². The third-order valence-corrected chi connectivity index (χ3v) is 6.44. The Labute approximate surface area is 180 Å². The summed E-state index contributed by atoms with van der Waals surface area (Å²) >= 11 is 0. The highest BCUT2D eigenvalue weighted by atomic mass is 19.1. The Hall–Kier alpha value is -2.67. The first-order chi connectivity index (χ1) is 14.7. The van der Waals surface area contributed by atoms with Crippen molar-refractivity contribution in [2.24, 2.45) is 5.92 Å². The first-order valence-electron chi connectivity index (χ1n) is 11.4. The van der Waals surface area contributed by atoms with Crippen molar-refractivity contribution < 1.29 is 4.39 Å². The Morgan fingerprint density at radius 3 is 2.13 bits per heavy atom.